The Morgan fingerprint density at radius 1 is 1.17 bits per heavy atom. The number of fused-ring (bicyclic) bond motifs is 1. The number of aliphatic imine (C=N–C) groups is 1. The van der Waals surface area contributed by atoms with Crippen molar-refractivity contribution in [2.45, 2.75) is 52.0 Å². The Hall–Kier alpha value is -2.47. The van der Waals surface area contributed by atoms with Gasteiger partial charge in [-0.25, -0.2) is 0 Å². The van der Waals surface area contributed by atoms with Crippen LogP contribution in [0.15, 0.2) is 35.3 Å². The highest BCUT2D eigenvalue weighted by Crippen LogP contribution is 2.38. The molecule has 1 N–H and O–H groups in total. The Morgan fingerprint density at radius 3 is 2.62 bits per heavy atom. The molecule has 1 fully saturated rings. The lowest BCUT2D eigenvalue weighted by Gasteiger charge is -2.25. The van der Waals surface area contributed by atoms with Crippen molar-refractivity contribution in [1.29, 1.82) is 0 Å². The second kappa shape index (κ2) is 8.49. The quantitative estimate of drug-likeness (QED) is 0.830. The maximum Gasteiger partial charge on any atom is 0.249 e. The average Bonchev–Trinajstić information content (AvgIpc) is 2.94. The largest absolute Gasteiger partial charge is 0.352 e. The molecule has 4 rings (SSSR count). The van der Waals surface area contributed by atoms with Crippen molar-refractivity contribution in [3.05, 3.63) is 51.9 Å². The van der Waals surface area contributed by atoms with Gasteiger partial charge in [-0.15, -0.1) is 11.3 Å². The Bertz CT molecular complexity index is 943. The second-order valence-electron chi connectivity index (χ2n) is 7.88. The molecule has 1 aromatic carbocycles. The number of thiophene rings is 1. The van der Waals surface area contributed by atoms with Gasteiger partial charge < -0.3 is 5.32 Å². The van der Waals surface area contributed by atoms with Gasteiger partial charge in [0.2, 0.25) is 11.8 Å². The fourth-order valence-corrected chi connectivity index (χ4v) is 5.33. The molecule has 0 radical (unpaired) electrons. The number of rotatable bonds is 4. The van der Waals surface area contributed by atoms with Crippen molar-refractivity contribution in [2.75, 3.05) is 18.0 Å². The predicted octanol–water partition coefficient (Wildman–Crippen LogP) is 4.00. The normalized spacial score (nSPS) is 17.5. The number of hydrogen-bond donors (Lipinski definition) is 1. The number of anilines is 1. The van der Waals surface area contributed by atoms with Crippen LogP contribution in [-0.4, -0.2) is 36.7 Å². The van der Waals surface area contributed by atoms with E-state index >= 15 is 0 Å². The Kier molecular flexibility index (Phi) is 5.81. The first kappa shape index (κ1) is 19.8. The fourth-order valence-electron chi connectivity index (χ4n) is 4.16. The van der Waals surface area contributed by atoms with E-state index < -0.39 is 0 Å². The highest BCUT2D eigenvalue weighted by molar-refractivity contribution is 7.17. The molecule has 2 heterocycles. The van der Waals surface area contributed by atoms with Gasteiger partial charge in [0.05, 0.1) is 5.71 Å². The van der Waals surface area contributed by atoms with E-state index in [0.717, 1.165) is 58.0 Å². The van der Waals surface area contributed by atoms with Gasteiger partial charge in [0.1, 0.15) is 18.1 Å². The van der Waals surface area contributed by atoms with Crippen molar-refractivity contribution in [3.8, 4) is 0 Å². The summed E-state index contributed by atoms with van der Waals surface area (Å²) in [5, 5.41) is 3.97. The van der Waals surface area contributed by atoms with Crippen molar-refractivity contribution >= 4 is 33.9 Å². The van der Waals surface area contributed by atoms with Crippen LogP contribution in [-0.2, 0) is 9.59 Å². The summed E-state index contributed by atoms with van der Waals surface area (Å²) in [5.41, 5.74) is 3.94. The first-order chi connectivity index (χ1) is 14.0. The van der Waals surface area contributed by atoms with Gasteiger partial charge in [0.25, 0.3) is 0 Å². The van der Waals surface area contributed by atoms with Crippen molar-refractivity contribution in [3.63, 3.8) is 0 Å². The molecule has 0 bridgehead atoms. The smallest absolute Gasteiger partial charge is 0.249 e. The van der Waals surface area contributed by atoms with Crippen LogP contribution in [0, 0.1) is 13.8 Å². The number of aryl methyl sites for hydroxylation is 1. The molecular weight excluding hydrogens is 382 g/mol. The summed E-state index contributed by atoms with van der Waals surface area (Å²) in [4.78, 5) is 33.1. The van der Waals surface area contributed by atoms with Crippen LogP contribution >= 0.6 is 11.3 Å². The van der Waals surface area contributed by atoms with E-state index in [2.05, 4.69) is 24.2 Å². The molecule has 5 nitrogen and oxygen atoms in total. The zero-order chi connectivity index (χ0) is 20.4. The minimum absolute atomic E-state index is 0.0549. The lowest BCUT2D eigenvalue weighted by atomic mass is 9.95. The number of carbonyl (C=O) groups excluding carboxylic acids is 2. The summed E-state index contributed by atoms with van der Waals surface area (Å²) in [6.45, 7) is 4.24. The molecule has 1 aromatic heterocycles. The standard InChI is InChI=1S/C23H27N3O2S/c1-15-16(2)29-23-21(15)22(17-9-5-3-6-10-17)24-13-20(28)26(23)14-19(27)25-18-11-7-4-8-12-18/h3,5-6,9-10,18H,4,7-8,11-14H2,1-2H3,(H,25,27). The molecule has 0 spiro atoms. The van der Waals surface area contributed by atoms with E-state index in [1.165, 1.54) is 6.42 Å². The first-order valence-electron chi connectivity index (χ1n) is 10.3. The molecule has 2 amide bonds. The van der Waals surface area contributed by atoms with Crippen molar-refractivity contribution < 1.29 is 9.59 Å². The monoisotopic (exact) mass is 409 g/mol. The maximum absolute atomic E-state index is 12.9. The molecule has 152 valence electrons. The van der Waals surface area contributed by atoms with E-state index in [1.54, 1.807) is 16.2 Å². The minimum Gasteiger partial charge on any atom is -0.352 e. The van der Waals surface area contributed by atoms with Crippen LogP contribution in [0.25, 0.3) is 0 Å². The molecule has 0 unspecified atom stereocenters. The Morgan fingerprint density at radius 2 is 1.90 bits per heavy atom. The van der Waals surface area contributed by atoms with Gasteiger partial charge in [0, 0.05) is 22.0 Å². The molecule has 1 aliphatic heterocycles. The number of amides is 2. The van der Waals surface area contributed by atoms with E-state index in [4.69, 9.17) is 0 Å². The van der Waals surface area contributed by atoms with Crippen LogP contribution in [0.4, 0.5) is 5.00 Å². The van der Waals surface area contributed by atoms with Gasteiger partial charge in [-0.3, -0.25) is 19.5 Å². The topological polar surface area (TPSA) is 61.8 Å². The molecule has 1 aliphatic carbocycles. The number of carbonyl (C=O) groups is 2. The van der Waals surface area contributed by atoms with Crippen molar-refractivity contribution in [1.82, 2.24) is 5.32 Å². The summed E-state index contributed by atoms with van der Waals surface area (Å²) < 4.78 is 0. The van der Waals surface area contributed by atoms with E-state index in [-0.39, 0.29) is 30.9 Å². The van der Waals surface area contributed by atoms with Gasteiger partial charge in [-0.1, -0.05) is 49.6 Å². The summed E-state index contributed by atoms with van der Waals surface area (Å²) >= 11 is 1.57. The Labute approximate surface area is 175 Å². The second-order valence-corrected chi connectivity index (χ2v) is 9.08. The highest BCUT2D eigenvalue weighted by atomic mass is 32.1. The number of nitrogens with one attached hydrogen (secondary N) is 1. The van der Waals surface area contributed by atoms with Crippen LogP contribution in [0.2, 0.25) is 0 Å². The molecule has 29 heavy (non-hydrogen) atoms. The molecule has 0 atom stereocenters. The molecule has 0 saturated heterocycles. The van der Waals surface area contributed by atoms with Gasteiger partial charge in [-0.05, 0) is 32.3 Å². The van der Waals surface area contributed by atoms with Crippen LogP contribution in [0.5, 0.6) is 0 Å². The summed E-state index contributed by atoms with van der Waals surface area (Å²) in [6, 6.07) is 10.2. The zero-order valence-electron chi connectivity index (χ0n) is 17.0. The third-order valence-electron chi connectivity index (χ3n) is 5.84. The van der Waals surface area contributed by atoms with Crippen LogP contribution in [0.1, 0.15) is 53.7 Å². The van der Waals surface area contributed by atoms with Crippen LogP contribution < -0.4 is 10.2 Å². The number of hydrogen-bond acceptors (Lipinski definition) is 4. The van der Waals surface area contributed by atoms with E-state index in [1.807, 2.05) is 30.3 Å². The molecule has 2 aromatic rings. The zero-order valence-corrected chi connectivity index (χ0v) is 17.8. The summed E-state index contributed by atoms with van der Waals surface area (Å²) in [5.74, 6) is -0.208. The fraction of sp³-hybridized carbons (Fsp3) is 0.435. The third kappa shape index (κ3) is 4.13. The third-order valence-corrected chi connectivity index (χ3v) is 7.07. The number of nitrogens with zero attached hydrogens (tertiary/aromatic N) is 2. The van der Waals surface area contributed by atoms with E-state index in [9.17, 15) is 9.59 Å². The van der Waals surface area contributed by atoms with Crippen molar-refractivity contribution in [2.24, 2.45) is 4.99 Å². The Balaban J connectivity index is 1.64. The lowest BCUT2D eigenvalue weighted by molar-refractivity contribution is -0.123. The van der Waals surface area contributed by atoms with Gasteiger partial charge in [0.15, 0.2) is 0 Å². The molecular formula is C23H27N3O2S. The SMILES string of the molecule is Cc1sc2c(c1C)C(c1ccccc1)=NCC(=O)N2CC(=O)NC1CCCCC1. The highest BCUT2D eigenvalue weighted by Gasteiger charge is 2.31. The minimum atomic E-state index is -0.128. The summed E-state index contributed by atoms with van der Waals surface area (Å²) in [7, 11) is 0. The first-order valence-corrected chi connectivity index (χ1v) is 11.2. The van der Waals surface area contributed by atoms with Gasteiger partial charge in [-0.2, -0.15) is 0 Å². The molecule has 6 heteroatoms. The molecule has 2 aliphatic rings. The maximum atomic E-state index is 12.9. The van der Waals surface area contributed by atoms with Crippen LogP contribution in [0.3, 0.4) is 0 Å². The van der Waals surface area contributed by atoms with E-state index in [0.29, 0.717) is 0 Å². The lowest BCUT2D eigenvalue weighted by Crippen LogP contribution is -2.45. The predicted molar refractivity (Wildman–Crippen MR) is 118 cm³/mol. The van der Waals surface area contributed by atoms with Gasteiger partial charge >= 0.3 is 0 Å². The summed E-state index contributed by atoms with van der Waals surface area (Å²) in [6.07, 6.45) is 5.63. The average molecular weight is 410 g/mol. The number of benzene rings is 1. The molecule has 1 saturated carbocycles.